The maximum atomic E-state index is 12.9. The molecule has 2 aromatic carbocycles. The Kier molecular flexibility index (Phi) is 5.89. The van der Waals surface area contributed by atoms with Crippen molar-refractivity contribution in [3.63, 3.8) is 0 Å². The molecule has 0 unspecified atom stereocenters. The van der Waals surface area contributed by atoms with Crippen molar-refractivity contribution >= 4 is 44.6 Å². The zero-order chi connectivity index (χ0) is 24.7. The largest absolute Gasteiger partial charge is 0.489 e. The highest BCUT2D eigenvalue weighted by Crippen LogP contribution is 2.32. The summed E-state index contributed by atoms with van der Waals surface area (Å²) in [6.07, 6.45) is 1.18. The lowest BCUT2D eigenvalue weighted by Crippen LogP contribution is -2.47. The summed E-state index contributed by atoms with van der Waals surface area (Å²) in [5.74, 6) is 1.56. The molecule has 180 valence electrons. The lowest BCUT2D eigenvalue weighted by atomic mass is 10.1. The normalized spacial score (nSPS) is 14.7. The second kappa shape index (κ2) is 8.90. The number of thiazole rings is 1. The second-order valence-electron chi connectivity index (χ2n) is 8.28. The molecule has 1 amide bonds. The number of carbonyl (C=O) groups excluding carboxylic acids is 1. The molecule has 3 aromatic rings. The number of ether oxygens (including phenoxy) is 1. The maximum absolute atomic E-state index is 12.9. The second-order valence-corrected chi connectivity index (χ2v) is 11.5. The first-order valence-corrected chi connectivity index (χ1v) is 13.6. The van der Waals surface area contributed by atoms with E-state index in [9.17, 15) is 13.2 Å². The van der Waals surface area contributed by atoms with Gasteiger partial charge in [0, 0.05) is 24.4 Å². The van der Waals surface area contributed by atoms with E-state index in [0.717, 1.165) is 22.0 Å². The fraction of sp³-hybridized carbons (Fsp3) is 0.250. The molecule has 3 heterocycles. The number of sulfone groups is 1. The standard InChI is InChI=1S/C24H23N5O4S2/c1-14-21(34-15(2)26-14)23(30)28-24-27-20-12-17(6-9-19(20)22-25-10-11-29(22)24)33-13-16-4-7-18(8-5-16)35(3,31)32/h4-9,12H,10-11,13H2,1-3H3,(H,27,28,30). The molecule has 0 radical (unpaired) electrons. The topological polar surface area (TPSA) is 113 Å². The van der Waals surface area contributed by atoms with Crippen LogP contribution in [0.4, 0.5) is 5.69 Å². The van der Waals surface area contributed by atoms with Gasteiger partial charge < -0.3 is 4.74 Å². The number of rotatable bonds is 5. The van der Waals surface area contributed by atoms with Crippen molar-refractivity contribution < 1.29 is 17.9 Å². The lowest BCUT2D eigenvalue weighted by molar-refractivity contribution is 0.0977. The molecule has 0 aliphatic carbocycles. The average molecular weight is 510 g/mol. The molecule has 0 bridgehead atoms. The number of benzene rings is 2. The van der Waals surface area contributed by atoms with Crippen LogP contribution < -0.4 is 10.1 Å². The summed E-state index contributed by atoms with van der Waals surface area (Å²) in [5, 5.41) is 3.77. The highest BCUT2D eigenvalue weighted by molar-refractivity contribution is 7.90. The maximum Gasteiger partial charge on any atom is 0.269 e. The number of amidine groups is 1. The molecular formula is C24H23N5O4S2. The number of nitrogens with one attached hydrogen (secondary N) is 1. The van der Waals surface area contributed by atoms with Crippen LogP contribution in [0, 0.1) is 13.8 Å². The van der Waals surface area contributed by atoms with Gasteiger partial charge in [-0.15, -0.1) is 11.3 Å². The molecular weight excluding hydrogens is 486 g/mol. The Hall–Kier alpha value is -3.57. The summed E-state index contributed by atoms with van der Waals surface area (Å²) in [7, 11) is -3.24. The van der Waals surface area contributed by atoms with Crippen molar-refractivity contribution in [3.05, 3.63) is 69.2 Å². The van der Waals surface area contributed by atoms with E-state index in [0.29, 0.717) is 41.1 Å². The quantitative estimate of drug-likeness (QED) is 0.565. The first-order valence-electron chi connectivity index (χ1n) is 10.9. The minimum absolute atomic E-state index is 0.244. The number of hydrogen-bond acceptors (Lipinski definition) is 9. The number of guanidine groups is 1. The van der Waals surface area contributed by atoms with E-state index in [2.05, 4.69) is 15.3 Å². The lowest BCUT2D eigenvalue weighted by Gasteiger charge is -2.27. The van der Waals surface area contributed by atoms with Gasteiger partial charge in [0.15, 0.2) is 9.84 Å². The molecule has 2 aliphatic rings. The average Bonchev–Trinajstić information content (AvgIpc) is 3.44. The Bertz CT molecular complexity index is 1490. The molecule has 0 saturated carbocycles. The molecule has 0 fully saturated rings. The summed E-state index contributed by atoms with van der Waals surface area (Å²) in [5.41, 5.74) is 3.06. The van der Waals surface area contributed by atoms with Crippen molar-refractivity contribution in [2.75, 3.05) is 19.3 Å². The Balaban J connectivity index is 1.37. The molecule has 11 heteroatoms. The fourth-order valence-electron chi connectivity index (χ4n) is 3.94. The van der Waals surface area contributed by atoms with E-state index in [1.165, 1.54) is 17.6 Å². The molecule has 0 saturated heterocycles. The van der Waals surface area contributed by atoms with Crippen molar-refractivity contribution in [2.24, 2.45) is 9.98 Å². The zero-order valence-electron chi connectivity index (χ0n) is 19.4. The van der Waals surface area contributed by atoms with Gasteiger partial charge in [-0.25, -0.2) is 18.4 Å². The molecule has 0 spiro atoms. The third-order valence-corrected chi connectivity index (χ3v) is 7.83. The van der Waals surface area contributed by atoms with Crippen LogP contribution in [0.25, 0.3) is 0 Å². The Morgan fingerprint density at radius 1 is 1.17 bits per heavy atom. The van der Waals surface area contributed by atoms with Crippen LogP contribution in [0.2, 0.25) is 0 Å². The third kappa shape index (κ3) is 4.69. The highest BCUT2D eigenvalue weighted by atomic mass is 32.2. The van der Waals surface area contributed by atoms with E-state index in [1.807, 2.05) is 36.9 Å². The molecule has 35 heavy (non-hydrogen) atoms. The molecule has 2 aliphatic heterocycles. The van der Waals surface area contributed by atoms with Gasteiger partial charge in [0.05, 0.1) is 27.8 Å². The van der Waals surface area contributed by atoms with Gasteiger partial charge in [0.25, 0.3) is 5.91 Å². The number of carbonyl (C=O) groups is 1. The van der Waals surface area contributed by atoms with Crippen molar-refractivity contribution in [1.29, 1.82) is 0 Å². The third-order valence-electron chi connectivity index (χ3n) is 5.63. The summed E-state index contributed by atoms with van der Waals surface area (Å²) in [6.45, 7) is 5.21. The van der Waals surface area contributed by atoms with Crippen LogP contribution in [-0.2, 0) is 16.4 Å². The molecule has 9 nitrogen and oxygen atoms in total. The van der Waals surface area contributed by atoms with Gasteiger partial charge in [0.1, 0.15) is 23.1 Å². The monoisotopic (exact) mass is 509 g/mol. The summed E-state index contributed by atoms with van der Waals surface area (Å²) >= 11 is 1.35. The molecule has 1 N–H and O–H groups in total. The number of aryl methyl sites for hydroxylation is 2. The molecule has 5 rings (SSSR count). The molecule has 1 aromatic heterocycles. The number of amides is 1. The summed E-state index contributed by atoms with van der Waals surface area (Å²) in [4.78, 5) is 29.3. The van der Waals surface area contributed by atoms with Crippen LogP contribution in [0.1, 0.15) is 31.5 Å². The predicted molar refractivity (Wildman–Crippen MR) is 135 cm³/mol. The van der Waals surface area contributed by atoms with Crippen LogP contribution in [0.3, 0.4) is 0 Å². The van der Waals surface area contributed by atoms with Gasteiger partial charge in [-0.2, -0.15) is 0 Å². The van der Waals surface area contributed by atoms with Gasteiger partial charge in [-0.05, 0) is 43.7 Å². The van der Waals surface area contributed by atoms with Gasteiger partial charge in [0.2, 0.25) is 5.96 Å². The van der Waals surface area contributed by atoms with Crippen molar-refractivity contribution in [3.8, 4) is 5.75 Å². The summed E-state index contributed by atoms with van der Waals surface area (Å²) in [6, 6.07) is 12.2. The Morgan fingerprint density at radius 2 is 1.94 bits per heavy atom. The van der Waals surface area contributed by atoms with E-state index in [4.69, 9.17) is 9.73 Å². The van der Waals surface area contributed by atoms with Crippen molar-refractivity contribution in [1.82, 2.24) is 15.2 Å². The van der Waals surface area contributed by atoms with Gasteiger partial charge >= 0.3 is 0 Å². The zero-order valence-corrected chi connectivity index (χ0v) is 21.0. The van der Waals surface area contributed by atoms with Crippen molar-refractivity contribution in [2.45, 2.75) is 25.3 Å². The Morgan fingerprint density at radius 3 is 2.63 bits per heavy atom. The minimum Gasteiger partial charge on any atom is -0.489 e. The minimum atomic E-state index is -3.24. The van der Waals surface area contributed by atoms with E-state index in [1.54, 1.807) is 24.3 Å². The number of aromatic nitrogens is 1. The smallest absolute Gasteiger partial charge is 0.269 e. The van der Waals surface area contributed by atoms with Gasteiger partial charge in [-0.1, -0.05) is 12.1 Å². The highest BCUT2D eigenvalue weighted by Gasteiger charge is 2.31. The van der Waals surface area contributed by atoms with Gasteiger partial charge in [-0.3, -0.25) is 20.0 Å². The Labute approximate surface area is 207 Å². The SMILES string of the molecule is Cc1nc(C)c(C(=O)NC2=Nc3cc(OCc4ccc(S(C)(=O)=O)cc4)ccc3C3=NCCN23)s1. The molecule has 0 atom stereocenters. The van der Waals surface area contributed by atoms with E-state index in [-0.39, 0.29) is 17.4 Å². The van der Waals surface area contributed by atoms with Crippen LogP contribution >= 0.6 is 11.3 Å². The number of nitrogens with zero attached hydrogens (tertiary/aromatic N) is 4. The first kappa shape index (κ1) is 23.2. The fourth-order valence-corrected chi connectivity index (χ4v) is 5.38. The van der Waals surface area contributed by atoms with Crippen LogP contribution in [-0.4, -0.2) is 55.3 Å². The van der Waals surface area contributed by atoms with Crippen LogP contribution in [0.5, 0.6) is 5.75 Å². The van der Waals surface area contributed by atoms with E-state index < -0.39 is 9.84 Å². The first-order chi connectivity index (χ1) is 16.7. The number of hydrogen-bond donors (Lipinski definition) is 1. The number of fused-ring (bicyclic) bond motifs is 3. The predicted octanol–water partition coefficient (Wildman–Crippen LogP) is 3.24. The van der Waals surface area contributed by atoms with E-state index >= 15 is 0 Å². The number of aliphatic imine (C=N–C) groups is 2. The van der Waals surface area contributed by atoms with Crippen LogP contribution in [0.15, 0.2) is 57.3 Å². The summed E-state index contributed by atoms with van der Waals surface area (Å²) < 4.78 is 29.2.